The molecule has 2 nitrogen and oxygen atoms in total. The molecule has 17 heavy (non-hydrogen) atoms. The van der Waals surface area contributed by atoms with Gasteiger partial charge in [-0.3, -0.25) is 0 Å². The van der Waals surface area contributed by atoms with Gasteiger partial charge in [-0.05, 0) is 31.0 Å². The first kappa shape index (κ1) is 16.9. The molecule has 0 radical (unpaired) electrons. The molecule has 0 saturated carbocycles. The molecule has 0 unspecified atom stereocenters. The third kappa shape index (κ3) is 7.01. The standard InChI is InChI=1S/C14H30O2Si/c1-7-13(15)11-9-8-10-12-16-17(5,6)14(2,3)4/h7,13,15H,1,8-12H2,2-6H3/t13-/m0/s1. The first-order valence-electron chi connectivity index (χ1n) is 6.65. The Balaban J connectivity index is 3.62. The molecule has 0 aliphatic rings. The summed E-state index contributed by atoms with van der Waals surface area (Å²) in [7, 11) is -1.56. The molecule has 0 aliphatic carbocycles. The van der Waals surface area contributed by atoms with Crippen LogP contribution in [0.4, 0.5) is 0 Å². The van der Waals surface area contributed by atoms with Crippen molar-refractivity contribution >= 4 is 8.32 Å². The largest absolute Gasteiger partial charge is 0.417 e. The van der Waals surface area contributed by atoms with Crippen molar-refractivity contribution in [2.45, 2.75) is 70.7 Å². The van der Waals surface area contributed by atoms with Crippen molar-refractivity contribution in [1.29, 1.82) is 0 Å². The number of unbranched alkanes of at least 4 members (excludes halogenated alkanes) is 2. The van der Waals surface area contributed by atoms with Gasteiger partial charge in [-0.25, -0.2) is 0 Å². The van der Waals surface area contributed by atoms with Gasteiger partial charge in [0.05, 0.1) is 6.10 Å². The Morgan fingerprint density at radius 3 is 2.29 bits per heavy atom. The van der Waals surface area contributed by atoms with Crippen molar-refractivity contribution in [2.24, 2.45) is 0 Å². The third-order valence-corrected chi connectivity index (χ3v) is 8.22. The van der Waals surface area contributed by atoms with Gasteiger partial charge in [-0.15, -0.1) is 6.58 Å². The van der Waals surface area contributed by atoms with Gasteiger partial charge >= 0.3 is 0 Å². The molecule has 0 aliphatic heterocycles. The highest BCUT2D eigenvalue weighted by atomic mass is 28.4. The van der Waals surface area contributed by atoms with Crippen LogP contribution in [0.25, 0.3) is 0 Å². The second kappa shape index (κ2) is 7.34. The maximum atomic E-state index is 9.31. The van der Waals surface area contributed by atoms with Crippen LogP contribution in [0, 0.1) is 0 Å². The van der Waals surface area contributed by atoms with Crippen LogP contribution in [0.15, 0.2) is 12.7 Å². The van der Waals surface area contributed by atoms with Gasteiger partial charge < -0.3 is 9.53 Å². The molecule has 0 amide bonds. The van der Waals surface area contributed by atoms with Crippen LogP contribution in [0.3, 0.4) is 0 Å². The van der Waals surface area contributed by atoms with Crippen molar-refractivity contribution in [3.05, 3.63) is 12.7 Å². The minimum atomic E-state index is -1.56. The Labute approximate surface area is 108 Å². The summed E-state index contributed by atoms with van der Waals surface area (Å²) < 4.78 is 6.08. The van der Waals surface area contributed by atoms with Gasteiger partial charge in [-0.2, -0.15) is 0 Å². The zero-order valence-electron chi connectivity index (χ0n) is 12.3. The summed E-state index contributed by atoms with van der Waals surface area (Å²) in [6.07, 6.45) is 5.36. The fourth-order valence-electron chi connectivity index (χ4n) is 1.29. The van der Waals surface area contributed by atoms with Crippen LogP contribution < -0.4 is 0 Å². The number of rotatable bonds is 8. The van der Waals surface area contributed by atoms with E-state index in [0.717, 1.165) is 32.3 Å². The number of aliphatic hydroxyl groups is 1. The van der Waals surface area contributed by atoms with E-state index in [1.165, 1.54) is 0 Å². The van der Waals surface area contributed by atoms with Crippen LogP contribution in [-0.2, 0) is 4.43 Å². The molecule has 0 heterocycles. The Hall–Kier alpha value is -0.123. The van der Waals surface area contributed by atoms with Crippen molar-refractivity contribution in [1.82, 2.24) is 0 Å². The molecule has 0 aromatic rings. The quantitative estimate of drug-likeness (QED) is 0.403. The van der Waals surface area contributed by atoms with E-state index in [9.17, 15) is 5.11 Å². The van der Waals surface area contributed by atoms with Gasteiger partial charge in [0, 0.05) is 6.61 Å². The average molecular weight is 258 g/mol. The lowest BCUT2D eigenvalue weighted by Crippen LogP contribution is -2.40. The molecule has 102 valence electrons. The summed E-state index contributed by atoms with van der Waals surface area (Å²) in [5, 5.41) is 9.61. The summed E-state index contributed by atoms with van der Waals surface area (Å²) in [5.74, 6) is 0. The van der Waals surface area contributed by atoms with Crippen LogP contribution in [-0.4, -0.2) is 26.1 Å². The Kier molecular flexibility index (Phi) is 7.29. The lowest BCUT2D eigenvalue weighted by Gasteiger charge is -2.36. The van der Waals surface area contributed by atoms with E-state index >= 15 is 0 Å². The summed E-state index contributed by atoms with van der Waals surface area (Å²) in [6, 6.07) is 0. The number of aliphatic hydroxyl groups excluding tert-OH is 1. The second-order valence-electron chi connectivity index (χ2n) is 6.26. The molecule has 0 spiro atoms. The predicted octanol–water partition coefficient (Wildman–Crippen LogP) is 4.12. The topological polar surface area (TPSA) is 29.5 Å². The Bertz CT molecular complexity index is 219. The van der Waals surface area contributed by atoms with Gasteiger partial charge in [0.25, 0.3) is 0 Å². The molecule has 0 bridgehead atoms. The molecule has 0 rings (SSSR count). The first-order valence-corrected chi connectivity index (χ1v) is 9.56. The SMILES string of the molecule is C=C[C@H](O)CCCCCO[Si](C)(C)C(C)(C)C. The lowest BCUT2D eigenvalue weighted by molar-refractivity contribution is 0.205. The van der Waals surface area contributed by atoms with Crippen molar-refractivity contribution < 1.29 is 9.53 Å². The molecule has 0 aromatic carbocycles. The highest BCUT2D eigenvalue weighted by Gasteiger charge is 2.36. The van der Waals surface area contributed by atoms with Gasteiger partial charge in [0.1, 0.15) is 0 Å². The fraction of sp³-hybridized carbons (Fsp3) is 0.857. The summed E-state index contributed by atoms with van der Waals surface area (Å²) in [6.45, 7) is 15.8. The van der Waals surface area contributed by atoms with Gasteiger partial charge in [0.15, 0.2) is 8.32 Å². The molecule has 0 fully saturated rings. The highest BCUT2D eigenvalue weighted by Crippen LogP contribution is 2.36. The Morgan fingerprint density at radius 1 is 1.24 bits per heavy atom. The lowest BCUT2D eigenvalue weighted by atomic mass is 10.1. The van der Waals surface area contributed by atoms with E-state index in [0.29, 0.717) is 5.04 Å². The molecule has 1 atom stereocenters. The minimum absolute atomic E-state index is 0.298. The molecular weight excluding hydrogens is 228 g/mol. The number of hydrogen-bond acceptors (Lipinski definition) is 2. The van der Waals surface area contributed by atoms with E-state index in [1.807, 2.05) is 0 Å². The highest BCUT2D eigenvalue weighted by molar-refractivity contribution is 6.74. The van der Waals surface area contributed by atoms with Crippen LogP contribution in [0.1, 0.15) is 46.5 Å². The maximum Gasteiger partial charge on any atom is 0.191 e. The van der Waals surface area contributed by atoms with Crippen LogP contribution in [0.2, 0.25) is 18.1 Å². The average Bonchev–Trinajstić information content (AvgIpc) is 2.21. The van der Waals surface area contributed by atoms with Gasteiger partial charge in [-0.1, -0.05) is 39.7 Å². The monoisotopic (exact) mass is 258 g/mol. The first-order chi connectivity index (χ1) is 7.70. The summed E-state index contributed by atoms with van der Waals surface area (Å²) >= 11 is 0. The van der Waals surface area contributed by atoms with E-state index in [-0.39, 0.29) is 6.10 Å². The van der Waals surface area contributed by atoms with Crippen molar-refractivity contribution in [2.75, 3.05) is 6.61 Å². The minimum Gasteiger partial charge on any atom is -0.417 e. The fourth-order valence-corrected chi connectivity index (χ4v) is 2.38. The second-order valence-corrected chi connectivity index (χ2v) is 11.1. The molecule has 0 saturated heterocycles. The smallest absolute Gasteiger partial charge is 0.191 e. The molecule has 1 N–H and O–H groups in total. The van der Waals surface area contributed by atoms with Crippen molar-refractivity contribution in [3.8, 4) is 0 Å². The van der Waals surface area contributed by atoms with Crippen LogP contribution >= 0.6 is 0 Å². The normalized spacial score (nSPS) is 14.7. The Morgan fingerprint density at radius 2 is 1.82 bits per heavy atom. The molecule has 3 heteroatoms. The third-order valence-electron chi connectivity index (χ3n) is 3.69. The van der Waals surface area contributed by atoms with E-state index in [4.69, 9.17) is 4.43 Å². The van der Waals surface area contributed by atoms with Crippen LogP contribution in [0.5, 0.6) is 0 Å². The molecule has 0 aromatic heterocycles. The molecular formula is C14H30O2Si. The predicted molar refractivity (Wildman–Crippen MR) is 77.8 cm³/mol. The zero-order valence-corrected chi connectivity index (χ0v) is 13.3. The summed E-state index contributed by atoms with van der Waals surface area (Å²) in [5.41, 5.74) is 0. The number of hydrogen-bond donors (Lipinski definition) is 1. The maximum absolute atomic E-state index is 9.31. The van der Waals surface area contributed by atoms with Crippen molar-refractivity contribution in [3.63, 3.8) is 0 Å². The summed E-state index contributed by atoms with van der Waals surface area (Å²) in [4.78, 5) is 0. The van der Waals surface area contributed by atoms with E-state index < -0.39 is 8.32 Å². The van der Waals surface area contributed by atoms with E-state index in [2.05, 4.69) is 40.4 Å². The zero-order chi connectivity index (χ0) is 13.5. The van der Waals surface area contributed by atoms with Gasteiger partial charge in [0.2, 0.25) is 0 Å². The van der Waals surface area contributed by atoms with E-state index in [1.54, 1.807) is 6.08 Å².